The number of alkyl halides is 2. The molecule has 0 unspecified atom stereocenters. The van der Waals surface area contributed by atoms with Crippen LogP contribution in [-0.4, -0.2) is 20.1 Å². The molecule has 0 amide bonds. The molecule has 0 aromatic heterocycles. The number of halogens is 3. The van der Waals surface area contributed by atoms with E-state index in [-0.39, 0.29) is 6.42 Å². The maximum absolute atomic E-state index is 12.6. The van der Waals surface area contributed by atoms with Crippen molar-refractivity contribution >= 4 is 19.7 Å². The molecule has 0 N–H and O–H groups in total. The van der Waals surface area contributed by atoms with Gasteiger partial charge in [-0.1, -0.05) is 13.3 Å². The molecule has 0 bridgehead atoms. The SMILES string of the molecule is CCCC(F)(F)CCS(=O)(=O)Cl. The highest BCUT2D eigenvalue weighted by atomic mass is 35.7. The van der Waals surface area contributed by atoms with E-state index in [1.54, 1.807) is 6.92 Å². The van der Waals surface area contributed by atoms with Crippen LogP contribution in [0.2, 0.25) is 0 Å². The van der Waals surface area contributed by atoms with Gasteiger partial charge < -0.3 is 0 Å². The average Bonchev–Trinajstić information content (AvgIpc) is 1.83. The predicted octanol–water partition coefficient (Wildman–Crippen LogP) is 2.38. The Balaban J connectivity index is 3.92. The molecule has 0 saturated carbocycles. The van der Waals surface area contributed by atoms with Crippen LogP contribution in [0.25, 0.3) is 0 Å². The van der Waals surface area contributed by atoms with E-state index in [1.165, 1.54) is 0 Å². The van der Waals surface area contributed by atoms with Gasteiger partial charge in [0.2, 0.25) is 15.0 Å². The lowest BCUT2D eigenvalue weighted by Crippen LogP contribution is -2.19. The molecule has 0 aliphatic rings. The van der Waals surface area contributed by atoms with E-state index in [4.69, 9.17) is 10.7 Å². The van der Waals surface area contributed by atoms with E-state index in [0.717, 1.165) is 0 Å². The molecule has 2 nitrogen and oxygen atoms in total. The Kier molecular flexibility index (Phi) is 4.40. The van der Waals surface area contributed by atoms with Crippen molar-refractivity contribution in [3.8, 4) is 0 Å². The Morgan fingerprint density at radius 3 is 2.17 bits per heavy atom. The first kappa shape index (κ1) is 12.1. The first-order valence-electron chi connectivity index (χ1n) is 3.57. The smallest absolute Gasteiger partial charge is 0.212 e. The molecule has 0 aromatic rings. The minimum absolute atomic E-state index is 0.292. The summed E-state index contributed by atoms with van der Waals surface area (Å²) >= 11 is 0. The van der Waals surface area contributed by atoms with Gasteiger partial charge in [-0.05, 0) is 0 Å². The van der Waals surface area contributed by atoms with Crippen LogP contribution in [-0.2, 0) is 9.05 Å². The molecule has 0 atom stereocenters. The fourth-order valence-corrected chi connectivity index (χ4v) is 1.54. The number of rotatable bonds is 5. The van der Waals surface area contributed by atoms with Crippen molar-refractivity contribution in [1.82, 2.24) is 0 Å². The Bertz CT molecular complexity index is 226. The van der Waals surface area contributed by atoms with E-state index in [2.05, 4.69) is 0 Å². The highest BCUT2D eigenvalue weighted by molar-refractivity contribution is 8.13. The third-order valence-corrected chi connectivity index (χ3v) is 2.48. The first-order valence-corrected chi connectivity index (χ1v) is 6.05. The summed E-state index contributed by atoms with van der Waals surface area (Å²) in [5.41, 5.74) is 0. The largest absolute Gasteiger partial charge is 0.249 e. The van der Waals surface area contributed by atoms with E-state index in [9.17, 15) is 17.2 Å². The fourth-order valence-electron chi connectivity index (χ4n) is 0.762. The van der Waals surface area contributed by atoms with Crippen LogP contribution in [0.3, 0.4) is 0 Å². The van der Waals surface area contributed by atoms with E-state index in [0.29, 0.717) is 6.42 Å². The summed E-state index contributed by atoms with van der Waals surface area (Å²) in [6, 6.07) is 0. The summed E-state index contributed by atoms with van der Waals surface area (Å²) < 4.78 is 45.9. The summed E-state index contributed by atoms with van der Waals surface area (Å²) in [5.74, 6) is -3.57. The zero-order valence-electron chi connectivity index (χ0n) is 6.69. The topological polar surface area (TPSA) is 34.1 Å². The summed E-state index contributed by atoms with van der Waals surface area (Å²) in [7, 11) is 0.995. The highest BCUT2D eigenvalue weighted by Gasteiger charge is 2.29. The molecule has 0 aliphatic carbocycles. The molecule has 12 heavy (non-hydrogen) atoms. The molecule has 0 saturated heterocycles. The molecular formula is C6H11ClF2O2S. The van der Waals surface area contributed by atoms with Crippen molar-refractivity contribution in [3.63, 3.8) is 0 Å². The molecule has 74 valence electrons. The van der Waals surface area contributed by atoms with Gasteiger partial charge in [0.15, 0.2) is 0 Å². The van der Waals surface area contributed by atoms with Crippen LogP contribution < -0.4 is 0 Å². The highest BCUT2D eigenvalue weighted by Crippen LogP contribution is 2.25. The maximum Gasteiger partial charge on any atom is 0.249 e. The fraction of sp³-hybridized carbons (Fsp3) is 1.00. The maximum atomic E-state index is 12.6. The second kappa shape index (κ2) is 4.37. The molecular weight excluding hydrogens is 210 g/mol. The normalized spacial score (nSPS) is 13.3. The summed E-state index contributed by atoms with van der Waals surface area (Å²) in [4.78, 5) is 0. The molecule has 0 aliphatic heterocycles. The summed E-state index contributed by atoms with van der Waals surface area (Å²) in [6.07, 6.45) is -0.651. The average molecular weight is 221 g/mol. The van der Waals surface area contributed by atoms with Crippen LogP contribution in [0.1, 0.15) is 26.2 Å². The number of hydrogen-bond acceptors (Lipinski definition) is 2. The van der Waals surface area contributed by atoms with Gasteiger partial charge in [0, 0.05) is 23.5 Å². The monoisotopic (exact) mass is 220 g/mol. The van der Waals surface area contributed by atoms with E-state index in [1.807, 2.05) is 0 Å². The first-order chi connectivity index (χ1) is 5.27. The Morgan fingerprint density at radius 2 is 1.83 bits per heavy atom. The molecule has 0 rings (SSSR count). The lowest BCUT2D eigenvalue weighted by molar-refractivity contribution is -0.0111. The Hall–Kier alpha value is 0.1000. The second-order valence-electron chi connectivity index (χ2n) is 2.60. The molecule has 0 heterocycles. The van der Waals surface area contributed by atoms with Gasteiger partial charge in [0.25, 0.3) is 0 Å². The third-order valence-electron chi connectivity index (χ3n) is 1.33. The standard InChI is InChI=1S/C6H11ClF2O2S/c1-2-3-6(8,9)4-5-12(7,10)11/h2-5H2,1H3. The summed E-state index contributed by atoms with van der Waals surface area (Å²) in [5, 5.41) is 0. The van der Waals surface area contributed by atoms with Crippen molar-refractivity contribution < 1.29 is 17.2 Å². The lowest BCUT2D eigenvalue weighted by Gasteiger charge is -2.13. The van der Waals surface area contributed by atoms with Gasteiger partial charge in [-0.15, -0.1) is 0 Å². The lowest BCUT2D eigenvalue weighted by atomic mass is 10.1. The van der Waals surface area contributed by atoms with Gasteiger partial charge in [-0.25, -0.2) is 17.2 Å². The van der Waals surface area contributed by atoms with E-state index >= 15 is 0 Å². The van der Waals surface area contributed by atoms with Gasteiger partial charge in [0.05, 0.1) is 5.75 Å². The number of hydrogen-bond donors (Lipinski definition) is 0. The van der Waals surface area contributed by atoms with Crippen LogP contribution in [0.4, 0.5) is 8.78 Å². The Labute approximate surface area is 75.3 Å². The van der Waals surface area contributed by atoms with E-state index < -0.39 is 27.1 Å². The van der Waals surface area contributed by atoms with Gasteiger partial charge in [-0.3, -0.25) is 0 Å². The van der Waals surface area contributed by atoms with Gasteiger partial charge in [0.1, 0.15) is 0 Å². The molecule has 0 fully saturated rings. The third kappa shape index (κ3) is 6.79. The predicted molar refractivity (Wildman–Crippen MR) is 44.1 cm³/mol. The van der Waals surface area contributed by atoms with Crippen molar-refractivity contribution in [1.29, 1.82) is 0 Å². The van der Waals surface area contributed by atoms with Crippen LogP contribution in [0.15, 0.2) is 0 Å². The van der Waals surface area contributed by atoms with Crippen LogP contribution in [0.5, 0.6) is 0 Å². The molecule has 0 spiro atoms. The molecule has 0 aromatic carbocycles. The van der Waals surface area contributed by atoms with Crippen molar-refractivity contribution in [3.05, 3.63) is 0 Å². The molecule has 6 heteroatoms. The minimum Gasteiger partial charge on any atom is -0.212 e. The Morgan fingerprint density at radius 1 is 1.33 bits per heavy atom. The van der Waals surface area contributed by atoms with Crippen molar-refractivity contribution in [2.24, 2.45) is 0 Å². The zero-order chi connectivity index (χ0) is 9.83. The van der Waals surface area contributed by atoms with Crippen LogP contribution in [0, 0.1) is 0 Å². The van der Waals surface area contributed by atoms with Crippen LogP contribution >= 0.6 is 10.7 Å². The van der Waals surface area contributed by atoms with Gasteiger partial charge in [-0.2, -0.15) is 0 Å². The van der Waals surface area contributed by atoms with Crippen molar-refractivity contribution in [2.75, 3.05) is 5.75 Å². The molecule has 0 radical (unpaired) electrons. The summed E-state index contributed by atoms with van der Waals surface area (Å²) in [6.45, 7) is 1.61. The quantitative estimate of drug-likeness (QED) is 0.667. The second-order valence-corrected chi connectivity index (χ2v) is 5.50. The van der Waals surface area contributed by atoms with Gasteiger partial charge >= 0.3 is 0 Å². The van der Waals surface area contributed by atoms with Crippen molar-refractivity contribution in [2.45, 2.75) is 32.1 Å². The zero-order valence-corrected chi connectivity index (χ0v) is 8.26. The minimum atomic E-state index is -3.78.